The number of carbonyl (C=O) groups excluding carboxylic acids is 1. The molecular formula is C13H19NO3. The molecule has 0 saturated heterocycles. The fraction of sp³-hybridized carbons (Fsp3) is 0.615. The Hall–Kier alpha value is -1.29. The molecule has 94 valence electrons. The van der Waals surface area contributed by atoms with Crippen LogP contribution in [0.2, 0.25) is 0 Å². The second kappa shape index (κ2) is 4.53. The van der Waals surface area contributed by atoms with Crippen LogP contribution in [0.5, 0.6) is 0 Å². The van der Waals surface area contributed by atoms with E-state index in [2.05, 4.69) is 5.32 Å². The van der Waals surface area contributed by atoms with Crippen LogP contribution in [0.1, 0.15) is 50.2 Å². The molecule has 0 radical (unpaired) electrons. The summed E-state index contributed by atoms with van der Waals surface area (Å²) >= 11 is 0. The number of carbonyl (C=O) groups is 1. The molecule has 17 heavy (non-hydrogen) atoms. The third kappa shape index (κ3) is 2.52. The van der Waals surface area contributed by atoms with E-state index in [1.54, 1.807) is 0 Å². The first-order chi connectivity index (χ1) is 8.01. The summed E-state index contributed by atoms with van der Waals surface area (Å²) in [5.41, 5.74) is -1.17. The van der Waals surface area contributed by atoms with Crippen molar-refractivity contribution in [3.63, 3.8) is 0 Å². The van der Waals surface area contributed by atoms with Crippen LogP contribution in [-0.2, 0) is 4.79 Å². The number of furan rings is 1. The van der Waals surface area contributed by atoms with Gasteiger partial charge < -0.3 is 14.8 Å². The molecule has 0 aromatic carbocycles. The maximum atomic E-state index is 12.0. The van der Waals surface area contributed by atoms with Gasteiger partial charge in [0, 0.05) is 0 Å². The molecule has 1 aromatic heterocycles. The highest BCUT2D eigenvalue weighted by Gasteiger charge is 2.39. The lowest BCUT2D eigenvalue weighted by molar-refractivity contribution is -0.140. The molecule has 1 heterocycles. The number of nitrogens with one attached hydrogen (secondary N) is 1. The molecule has 0 spiro atoms. The summed E-state index contributed by atoms with van der Waals surface area (Å²) in [6, 6.07) is 3.50. The zero-order chi connectivity index (χ0) is 12.5. The van der Waals surface area contributed by atoms with Gasteiger partial charge in [0.1, 0.15) is 17.1 Å². The Kier molecular flexibility index (Phi) is 3.24. The van der Waals surface area contributed by atoms with Crippen molar-refractivity contribution in [3.8, 4) is 0 Å². The number of aryl methyl sites for hydroxylation is 1. The SMILES string of the molecule is Cc1ccc(C(C)NC(=O)C2(O)CCCC2)o1. The monoisotopic (exact) mass is 237 g/mol. The van der Waals surface area contributed by atoms with E-state index in [1.807, 2.05) is 26.0 Å². The van der Waals surface area contributed by atoms with Crippen LogP contribution in [0.3, 0.4) is 0 Å². The minimum atomic E-state index is -1.17. The Morgan fingerprint density at radius 1 is 1.47 bits per heavy atom. The van der Waals surface area contributed by atoms with Crippen LogP contribution < -0.4 is 5.32 Å². The standard InChI is InChI=1S/C13H19NO3/c1-9-5-6-11(17-9)10(2)14-12(15)13(16)7-3-4-8-13/h5-6,10,16H,3-4,7-8H2,1-2H3,(H,14,15). The summed E-state index contributed by atoms with van der Waals surface area (Å²) in [5, 5.41) is 12.9. The Balaban J connectivity index is 1.99. The van der Waals surface area contributed by atoms with Gasteiger partial charge in [-0.2, -0.15) is 0 Å². The lowest BCUT2D eigenvalue weighted by Crippen LogP contribution is -2.45. The van der Waals surface area contributed by atoms with Crippen molar-refractivity contribution in [2.45, 2.75) is 51.2 Å². The van der Waals surface area contributed by atoms with E-state index in [0.29, 0.717) is 12.8 Å². The predicted molar refractivity (Wildman–Crippen MR) is 63.4 cm³/mol. The van der Waals surface area contributed by atoms with Crippen LogP contribution in [-0.4, -0.2) is 16.6 Å². The maximum Gasteiger partial charge on any atom is 0.252 e. The van der Waals surface area contributed by atoms with Crippen LogP contribution in [0, 0.1) is 6.92 Å². The fourth-order valence-corrected chi connectivity index (χ4v) is 2.28. The highest BCUT2D eigenvalue weighted by molar-refractivity contribution is 5.85. The fourth-order valence-electron chi connectivity index (χ4n) is 2.28. The first-order valence-corrected chi connectivity index (χ1v) is 6.11. The first kappa shape index (κ1) is 12.2. The topological polar surface area (TPSA) is 62.5 Å². The van der Waals surface area contributed by atoms with Gasteiger partial charge in [-0.05, 0) is 51.7 Å². The molecule has 2 rings (SSSR count). The lowest BCUT2D eigenvalue weighted by atomic mass is 10.0. The van der Waals surface area contributed by atoms with E-state index >= 15 is 0 Å². The molecule has 1 amide bonds. The number of rotatable bonds is 3. The van der Waals surface area contributed by atoms with Gasteiger partial charge in [0.05, 0.1) is 6.04 Å². The minimum Gasteiger partial charge on any atom is -0.464 e. The number of hydrogen-bond acceptors (Lipinski definition) is 3. The normalized spacial score (nSPS) is 20.2. The first-order valence-electron chi connectivity index (χ1n) is 6.11. The summed E-state index contributed by atoms with van der Waals surface area (Å²) in [6.07, 6.45) is 2.95. The zero-order valence-corrected chi connectivity index (χ0v) is 10.3. The van der Waals surface area contributed by atoms with Crippen molar-refractivity contribution in [2.75, 3.05) is 0 Å². The molecule has 1 aliphatic rings. The van der Waals surface area contributed by atoms with Gasteiger partial charge in [0.25, 0.3) is 5.91 Å². The van der Waals surface area contributed by atoms with Crippen molar-refractivity contribution in [1.29, 1.82) is 0 Å². The third-order valence-electron chi connectivity index (χ3n) is 3.39. The third-order valence-corrected chi connectivity index (χ3v) is 3.39. The molecule has 4 heteroatoms. The Labute approximate surface area is 101 Å². The molecule has 1 fully saturated rings. The van der Waals surface area contributed by atoms with Gasteiger partial charge in [-0.15, -0.1) is 0 Å². The smallest absolute Gasteiger partial charge is 0.252 e. The predicted octanol–water partition coefficient (Wildman–Crippen LogP) is 2.07. The molecule has 1 aromatic rings. The van der Waals surface area contributed by atoms with E-state index in [9.17, 15) is 9.90 Å². The van der Waals surface area contributed by atoms with Crippen molar-refractivity contribution in [2.24, 2.45) is 0 Å². The average Bonchev–Trinajstić information content (AvgIpc) is 2.88. The Morgan fingerprint density at radius 2 is 2.12 bits per heavy atom. The van der Waals surface area contributed by atoms with Crippen LogP contribution >= 0.6 is 0 Å². The van der Waals surface area contributed by atoms with Gasteiger partial charge in [-0.25, -0.2) is 0 Å². The van der Waals surface area contributed by atoms with Crippen LogP contribution in [0.15, 0.2) is 16.5 Å². The van der Waals surface area contributed by atoms with Gasteiger partial charge >= 0.3 is 0 Å². The molecule has 1 saturated carbocycles. The van der Waals surface area contributed by atoms with E-state index < -0.39 is 5.60 Å². The van der Waals surface area contributed by atoms with Crippen molar-refractivity contribution >= 4 is 5.91 Å². The maximum absolute atomic E-state index is 12.0. The molecule has 0 bridgehead atoms. The van der Waals surface area contributed by atoms with Crippen molar-refractivity contribution in [3.05, 3.63) is 23.7 Å². The van der Waals surface area contributed by atoms with Gasteiger partial charge in [-0.1, -0.05) is 0 Å². The molecular weight excluding hydrogens is 218 g/mol. The van der Waals surface area contributed by atoms with Crippen molar-refractivity contribution < 1.29 is 14.3 Å². The number of hydrogen-bond donors (Lipinski definition) is 2. The second-order valence-electron chi connectivity index (χ2n) is 4.88. The highest BCUT2D eigenvalue weighted by atomic mass is 16.3. The lowest BCUT2D eigenvalue weighted by Gasteiger charge is -2.23. The average molecular weight is 237 g/mol. The Morgan fingerprint density at radius 3 is 2.65 bits per heavy atom. The summed E-state index contributed by atoms with van der Waals surface area (Å²) in [5.74, 6) is 1.26. The number of aliphatic hydroxyl groups is 1. The Bertz CT molecular complexity index is 405. The largest absolute Gasteiger partial charge is 0.464 e. The van der Waals surface area contributed by atoms with Gasteiger partial charge in [0.15, 0.2) is 0 Å². The summed E-state index contributed by atoms with van der Waals surface area (Å²) in [7, 11) is 0. The van der Waals surface area contributed by atoms with E-state index in [4.69, 9.17) is 4.42 Å². The molecule has 1 unspecified atom stereocenters. The molecule has 2 N–H and O–H groups in total. The van der Waals surface area contributed by atoms with E-state index in [1.165, 1.54) is 0 Å². The molecule has 1 aliphatic carbocycles. The highest BCUT2D eigenvalue weighted by Crippen LogP contribution is 2.30. The van der Waals surface area contributed by atoms with Crippen molar-refractivity contribution in [1.82, 2.24) is 5.32 Å². The molecule has 1 atom stereocenters. The second-order valence-corrected chi connectivity index (χ2v) is 4.88. The van der Waals surface area contributed by atoms with Gasteiger partial charge in [0.2, 0.25) is 0 Å². The number of amides is 1. The molecule has 4 nitrogen and oxygen atoms in total. The van der Waals surface area contributed by atoms with E-state index in [0.717, 1.165) is 24.4 Å². The van der Waals surface area contributed by atoms with Crippen LogP contribution in [0.4, 0.5) is 0 Å². The van der Waals surface area contributed by atoms with Crippen LogP contribution in [0.25, 0.3) is 0 Å². The zero-order valence-electron chi connectivity index (χ0n) is 10.3. The molecule has 0 aliphatic heterocycles. The summed E-state index contributed by atoms with van der Waals surface area (Å²) in [6.45, 7) is 3.72. The minimum absolute atomic E-state index is 0.208. The summed E-state index contributed by atoms with van der Waals surface area (Å²) in [4.78, 5) is 12.0. The van der Waals surface area contributed by atoms with E-state index in [-0.39, 0.29) is 11.9 Å². The van der Waals surface area contributed by atoms with Gasteiger partial charge in [-0.3, -0.25) is 4.79 Å². The quantitative estimate of drug-likeness (QED) is 0.846. The summed E-state index contributed by atoms with van der Waals surface area (Å²) < 4.78 is 5.45.